The third kappa shape index (κ3) is 9.16. The maximum Gasteiger partial charge on any atom is 0.162 e. The van der Waals surface area contributed by atoms with Gasteiger partial charge in [-0.3, -0.25) is 9.78 Å². The summed E-state index contributed by atoms with van der Waals surface area (Å²) in [5.74, 6) is 0.547. The van der Waals surface area contributed by atoms with Gasteiger partial charge in [-0.25, -0.2) is 0 Å². The predicted octanol–water partition coefficient (Wildman–Crippen LogP) is 15.5. The smallest absolute Gasteiger partial charge is 0.162 e. The number of allylic oxidation sites excluding steroid dienone is 2. The zero-order valence-electron chi connectivity index (χ0n) is 36.0. The van der Waals surface area contributed by atoms with Crippen molar-refractivity contribution in [2.24, 2.45) is 11.8 Å². The molecule has 0 fully saturated rings. The molecule has 0 spiro atoms. The molecule has 3 nitrogen and oxygen atoms in total. The van der Waals surface area contributed by atoms with Crippen LogP contribution < -0.4 is 0 Å². The number of aliphatic hydroxyl groups is 1. The van der Waals surface area contributed by atoms with Crippen LogP contribution in [-0.2, 0) is 30.3 Å². The molecule has 7 aromatic rings. The number of carbonyl (C=O) groups excluding carboxylic acids is 1. The summed E-state index contributed by atoms with van der Waals surface area (Å²) in [5.41, 5.74) is 15.6. The standard InChI is InChI=1S/C43H32N.C13H24O2.Ir/c1-43(2,3)41-26-31(24-30-12-4-5-13-32(30)41)42-27-29(22-23-44-42)28-20-21-39-37-18-9-8-16-35(37)33-14-6-7-15-34(33)36-17-10-11-19-38(36)40(39)25-28;1-5-10(6-2)12(14)9-13(15)11(7-3)8-4;/h4-23,25-27H,1-3H3;9-11,14H,5-8H2,1-4H3;/q-1;;/b;12-9-;. The van der Waals surface area contributed by atoms with Crippen LogP contribution in [0.1, 0.15) is 79.7 Å². The van der Waals surface area contributed by atoms with E-state index in [1.807, 2.05) is 33.9 Å². The number of carbonyl (C=O) groups is 1. The zero-order chi connectivity index (χ0) is 41.7. The Morgan fingerprint density at radius 2 is 1.07 bits per heavy atom. The maximum absolute atomic E-state index is 11.7. The first-order valence-corrected chi connectivity index (χ1v) is 21.3. The number of hydrogen-bond acceptors (Lipinski definition) is 3. The number of rotatable bonds is 9. The van der Waals surface area contributed by atoms with Crippen LogP contribution in [0, 0.1) is 17.9 Å². The Morgan fingerprint density at radius 1 is 0.600 bits per heavy atom. The van der Waals surface area contributed by atoms with Gasteiger partial charge < -0.3 is 5.11 Å². The molecule has 1 heterocycles. The van der Waals surface area contributed by atoms with E-state index in [4.69, 9.17) is 4.98 Å². The number of benzene rings is 6. The minimum atomic E-state index is -0.000912. The van der Waals surface area contributed by atoms with Gasteiger partial charge in [-0.15, -0.1) is 29.1 Å². The Balaban J connectivity index is 0.000000325. The van der Waals surface area contributed by atoms with Crippen molar-refractivity contribution >= 4 is 16.6 Å². The topological polar surface area (TPSA) is 50.2 Å². The van der Waals surface area contributed by atoms with Gasteiger partial charge in [-0.05, 0) is 98.9 Å². The van der Waals surface area contributed by atoms with Crippen molar-refractivity contribution in [1.29, 1.82) is 0 Å². The number of nitrogens with zero attached hydrogens (tertiary/aromatic N) is 1. The van der Waals surface area contributed by atoms with Gasteiger partial charge in [0.15, 0.2) is 5.78 Å². The fourth-order valence-corrected chi connectivity index (χ4v) is 8.57. The Morgan fingerprint density at radius 3 is 1.58 bits per heavy atom. The molecule has 1 aromatic heterocycles. The number of ketones is 1. The second kappa shape index (κ2) is 19.3. The number of aliphatic hydroxyl groups excluding tert-OH is 1. The molecule has 60 heavy (non-hydrogen) atoms. The fourth-order valence-electron chi connectivity index (χ4n) is 8.57. The molecule has 6 aromatic carbocycles. The van der Waals surface area contributed by atoms with Crippen molar-refractivity contribution in [3.63, 3.8) is 0 Å². The average Bonchev–Trinajstić information content (AvgIpc) is 3.26. The summed E-state index contributed by atoms with van der Waals surface area (Å²) in [4.78, 5) is 16.6. The molecule has 0 aliphatic heterocycles. The summed E-state index contributed by atoms with van der Waals surface area (Å²) >= 11 is 0. The summed E-state index contributed by atoms with van der Waals surface area (Å²) < 4.78 is 0. The molecular formula is C56H56IrNO2-. The van der Waals surface area contributed by atoms with Crippen LogP contribution in [0.5, 0.6) is 0 Å². The minimum Gasteiger partial charge on any atom is -0.512 e. The van der Waals surface area contributed by atoms with Gasteiger partial charge in [0.05, 0.1) is 5.76 Å². The molecular weight excluding hydrogens is 911 g/mol. The summed E-state index contributed by atoms with van der Waals surface area (Å²) in [6.07, 6.45) is 6.84. The number of hydrogen-bond donors (Lipinski definition) is 1. The molecule has 307 valence electrons. The molecule has 1 radical (unpaired) electrons. The minimum absolute atomic E-state index is 0. The van der Waals surface area contributed by atoms with Gasteiger partial charge in [0, 0.05) is 49.9 Å². The van der Waals surface area contributed by atoms with Crippen molar-refractivity contribution in [3.05, 3.63) is 163 Å². The van der Waals surface area contributed by atoms with Crippen molar-refractivity contribution in [3.8, 4) is 66.9 Å². The maximum atomic E-state index is 11.7. The molecule has 4 heteroatoms. The largest absolute Gasteiger partial charge is 0.512 e. The predicted molar refractivity (Wildman–Crippen MR) is 249 cm³/mol. The molecule has 1 N–H and O–H groups in total. The van der Waals surface area contributed by atoms with Gasteiger partial charge in [0.2, 0.25) is 0 Å². The van der Waals surface area contributed by atoms with E-state index >= 15 is 0 Å². The van der Waals surface area contributed by atoms with Gasteiger partial charge in [0.1, 0.15) is 0 Å². The van der Waals surface area contributed by atoms with Gasteiger partial charge in [-0.2, -0.15) is 0 Å². The number of pyridine rings is 1. The second-order valence-corrected chi connectivity index (χ2v) is 16.7. The molecule has 1 aliphatic rings. The third-order valence-electron chi connectivity index (χ3n) is 12.0. The van der Waals surface area contributed by atoms with Crippen molar-refractivity contribution < 1.29 is 30.0 Å². The Bertz CT molecular complexity index is 2630. The normalized spacial score (nSPS) is 11.9. The second-order valence-electron chi connectivity index (χ2n) is 16.7. The van der Waals surface area contributed by atoms with Crippen LogP contribution in [-0.4, -0.2) is 15.9 Å². The summed E-state index contributed by atoms with van der Waals surface area (Å²) in [7, 11) is 0. The quantitative estimate of drug-likeness (QED) is 0.0891. The summed E-state index contributed by atoms with van der Waals surface area (Å²) in [5, 5.41) is 12.1. The van der Waals surface area contributed by atoms with Crippen molar-refractivity contribution in [1.82, 2.24) is 4.98 Å². The van der Waals surface area contributed by atoms with E-state index in [1.165, 1.54) is 67.1 Å². The van der Waals surface area contributed by atoms with E-state index in [1.54, 1.807) is 0 Å². The Labute approximate surface area is 371 Å². The SMILES string of the molecule is CC(C)(C)c1cc(-c2cc(-c3ccc4c(c3)-c3ccccc3-c3ccccc3-c3ccccc3-4)ccn2)[c-]c2ccccc12.CCC(CC)C(=O)/C=C(\O)C(CC)CC.[Ir]. The fraction of sp³-hybridized carbons (Fsp3) is 0.250. The molecule has 0 bridgehead atoms. The van der Waals surface area contributed by atoms with E-state index in [-0.39, 0.29) is 48.9 Å². The van der Waals surface area contributed by atoms with Crippen molar-refractivity contribution in [2.75, 3.05) is 0 Å². The van der Waals surface area contributed by atoms with E-state index in [0.29, 0.717) is 0 Å². The average molecular weight is 967 g/mol. The first-order chi connectivity index (χ1) is 28.6. The molecule has 0 atom stereocenters. The summed E-state index contributed by atoms with van der Waals surface area (Å²) in [6, 6.07) is 52.2. The molecule has 0 saturated heterocycles. The van der Waals surface area contributed by atoms with Gasteiger partial charge in [0.25, 0.3) is 0 Å². The Kier molecular flexibility index (Phi) is 14.2. The molecule has 0 unspecified atom stereocenters. The molecule has 8 rings (SSSR count). The number of fused-ring (bicyclic) bond motifs is 9. The molecule has 0 amide bonds. The van der Waals surface area contributed by atoms with Gasteiger partial charge >= 0.3 is 0 Å². The summed E-state index contributed by atoms with van der Waals surface area (Å²) in [6.45, 7) is 14.9. The van der Waals surface area contributed by atoms with Crippen LogP contribution in [0.15, 0.2) is 151 Å². The molecule has 0 saturated carbocycles. The third-order valence-corrected chi connectivity index (χ3v) is 12.0. The van der Waals surface area contributed by atoms with Crippen LogP contribution in [0.2, 0.25) is 0 Å². The first kappa shape index (κ1) is 44.1. The number of aromatic nitrogens is 1. The van der Waals surface area contributed by atoms with Crippen LogP contribution >= 0.6 is 0 Å². The van der Waals surface area contributed by atoms with Crippen LogP contribution in [0.3, 0.4) is 0 Å². The Hall–Kier alpha value is -5.41. The molecule has 1 aliphatic carbocycles. The van der Waals surface area contributed by atoms with Crippen LogP contribution in [0.4, 0.5) is 0 Å². The van der Waals surface area contributed by atoms with Crippen molar-refractivity contribution in [2.45, 2.75) is 79.6 Å². The van der Waals surface area contributed by atoms with E-state index < -0.39 is 0 Å². The van der Waals surface area contributed by atoms with E-state index in [9.17, 15) is 9.90 Å². The van der Waals surface area contributed by atoms with E-state index in [2.05, 4.69) is 160 Å². The van der Waals surface area contributed by atoms with Crippen LogP contribution in [0.25, 0.3) is 77.7 Å². The zero-order valence-corrected chi connectivity index (χ0v) is 38.4. The van der Waals surface area contributed by atoms with E-state index in [0.717, 1.165) is 47.9 Å². The first-order valence-electron chi connectivity index (χ1n) is 21.3. The van der Waals surface area contributed by atoms with Gasteiger partial charge in [-0.1, -0.05) is 169 Å². The monoisotopic (exact) mass is 967 g/mol.